The summed E-state index contributed by atoms with van der Waals surface area (Å²) in [5.74, 6) is 2.56. The van der Waals surface area contributed by atoms with Crippen LogP contribution in [0.1, 0.15) is 12.8 Å². The van der Waals surface area contributed by atoms with E-state index in [1.807, 2.05) is 24.3 Å². The van der Waals surface area contributed by atoms with Crippen LogP contribution in [0, 0.1) is 0 Å². The molecule has 1 saturated heterocycles. The second kappa shape index (κ2) is 7.20. The van der Waals surface area contributed by atoms with Crippen molar-refractivity contribution in [3.8, 4) is 5.75 Å². The minimum absolute atomic E-state index is 0.270. The molecule has 1 N–H and O–H groups in total. The molecule has 2 aromatic heterocycles. The Morgan fingerprint density at radius 3 is 2.55 bits per heavy atom. The van der Waals surface area contributed by atoms with Crippen LogP contribution < -0.4 is 15.7 Å². The van der Waals surface area contributed by atoms with Gasteiger partial charge in [0.15, 0.2) is 5.65 Å². The van der Waals surface area contributed by atoms with Gasteiger partial charge < -0.3 is 15.0 Å². The van der Waals surface area contributed by atoms with E-state index in [1.165, 1.54) is 0 Å². The Kier molecular flexibility index (Phi) is 4.52. The maximum Gasteiger partial charge on any atom is 0.255 e. The number of likely N-dealkylation sites (tertiary alicyclic amines) is 1. The second-order valence-electron chi connectivity index (χ2n) is 6.74. The number of ether oxygens (including phenoxy) is 1. The number of benzene rings is 1. The lowest BCUT2D eigenvalue weighted by Crippen LogP contribution is -2.36. The molecule has 0 spiro atoms. The summed E-state index contributed by atoms with van der Waals surface area (Å²) in [5.41, 5.74) is 1.46. The van der Waals surface area contributed by atoms with Crippen molar-refractivity contribution in [2.24, 2.45) is 9.98 Å². The third-order valence-corrected chi connectivity index (χ3v) is 5.44. The zero-order valence-electron chi connectivity index (χ0n) is 15.6. The van der Waals surface area contributed by atoms with E-state index in [0.717, 1.165) is 37.6 Å². The number of aliphatic imine (C=N–C) groups is 1. The molecule has 0 amide bonds. The van der Waals surface area contributed by atoms with Crippen molar-refractivity contribution < 1.29 is 4.74 Å². The molecule has 2 aliphatic rings. The first-order valence-corrected chi connectivity index (χ1v) is 9.96. The molecule has 148 valence electrons. The van der Waals surface area contributed by atoms with E-state index in [0.29, 0.717) is 33.1 Å². The average Bonchev–Trinajstić information content (AvgIpc) is 3.27. The lowest BCUT2D eigenvalue weighted by Gasteiger charge is -2.26. The average molecular weight is 430 g/mol. The molecular weight excluding hydrogens is 413 g/mol. The number of anilines is 1. The molecule has 1 fully saturated rings. The molecule has 5 rings (SSSR count). The molecule has 0 bridgehead atoms. The monoisotopic (exact) mass is 429 g/mol. The Balaban J connectivity index is 1.70. The van der Waals surface area contributed by atoms with Crippen molar-refractivity contribution in [3.05, 3.63) is 46.0 Å². The first-order valence-electron chi connectivity index (χ1n) is 9.20. The molecular formula is C19H17Cl2N7O. The number of nitrogens with one attached hydrogen (secondary N) is 1. The van der Waals surface area contributed by atoms with E-state index < -0.39 is 0 Å². The van der Waals surface area contributed by atoms with Gasteiger partial charge in [0.25, 0.3) is 5.62 Å². The summed E-state index contributed by atoms with van der Waals surface area (Å²) in [6.07, 6.45) is 2.26. The van der Waals surface area contributed by atoms with Gasteiger partial charge in [0, 0.05) is 13.1 Å². The third-order valence-electron chi connectivity index (χ3n) is 4.88. The van der Waals surface area contributed by atoms with Crippen LogP contribution in [0.5, 0.6) is 5.75 Å². The number of nitrogens with zero attached hydrogens (tertiary/aromatic N) is 6. The molecule has 0 radical (unpaired) electrons. The molecule has 4 heterocycles. The molecule has 0 aliphatic carbocycles. The normalized spacial score (nSPS) is 16.2. The quantitative estimate of drug-likeness (QED) is 0.670. The first-order chi connectivity index (χ1) is 14.1. The molecule has 29 heavy (non-hydrogen) atoms. The lowest BCUT2D eigenvalue weighted by atomic mass is 10.3. The van der Waals surface area contributed by atoms with Crippen molar-refractivity contribution in [1.29, 1.82) is 0 Å². The highest BCUT2D eigenvalue weighted by molar-refractivity contribution is 6.38. The zero-order chi connectivity index (χ0) is 20.0. The summed E-state index contributed by atoms with van der Waals surface area (Å²) in [7, 11) is 1.62. The topological polar surface area (TPSA) is 79.4 Å². The summed E-state index contributed by atoms with van der Waals surface area (Å²) in [5, 5.41) is 4.18. The predicted octanol–water partition coefficient (Wildman–Crippen LogP) is 3.79. The Bertz CT molecular complexity index is 1200. The van der Waals surface area contributed by atoms with Gasteiger partial charge in [-0.2, -0.15) is 15.0 Å². The summed E-state index contributed by atoms with van der Waals surface area (Å²) in [6.45, 7) is 1.88. The molecule has 3 aromatic rings. The SMILES string of the molecule is COc1ccc(N=c2nc3n4c(c(Cl)cc(Cl)c4n2)NC(N2CCCC2)=N3)cc1. The summed E-state index contributed by atoms with van der Waals surface area (Å²) < 4.78 is 6.91. The van der Waals surface area contributed by atoms with E-state index in [4.69, 9.17) is 32.9 Å². The van der Waals surface area contributed by atoms with Gasteiger partial charge in [0.1, 0.15) is 11.6 Å². The van der Waals surface area contributed by atoms with Crippen LogP contribution in [0.3, 0.4) is 0 Å². The van der Waals surface area contributed by atoms with Crippen LogP contribution in [-0.4, -0.2) is 45.4 Å². The van der Waals surface area contributed by atoms with Crippen LogP contribution >= 0.6 is 23.2 Å². The van der Waals surface area contributed by atoms with Gasteiger partial charge in [-0.1, -0.05) is 23.2 Å². The van der Waals surface area contributed by atoms with Crippen molar-refractivity contribution in [2.45, 2.75) is 12.8 Å². The highest BCUT2D eigenvalue weighted by atomic mass is 35.5. The van der Waals surface area contributed by atoms with E-state index in [2.05, 4.69) is 25.2 Å². The van der Waals surface area contributed by atoms with E-state index in [9.17, 15) is 0 Å². The Morgan fingerprint density at radius 2 is 1.83 bits per heavy atom. The van der Waals surface area contributed by atoms with Gasteiger partial charge >= 0.3 is 0 Å². The maximum atomic E-state index is 6.45. The van der Waals surface area contributed by atoms with Crippen molar-refractivity contribution in [3.63, 3.8) is 0 Å². The minimum atomic E-state index is 0.270. The van der Waals surface area contributed by atoms with Crippen LogP contribution in [0.25, 0.3) is 5.65 Å². The summed E-state index contributed by atoms with van der Waals surface area (Å²) >= 11 is 12.9. The van der Waals surface area contributed by atoms with E-state index in [1.54, 1.807) is 17.6 Å². The molecule has 0 atom stereocenters. The van der Waals surface area contributed by atoms with Crippen molar-refractivity contribution >= 4 is 52.3 Å². The van der Waals surface area contributed by atoms with Crippen molar-refractivity contribution in [2.75, 3.05) is 25.5 Å². The van der Waals surface area contributed by atoms with Crippen LogP contribution in [0.4, 0.5) is 17.5 Å². The fraction of sp³-hybridized carbons (Fsp3) is 0.263. The van der Waals surface area contributed by atoms with E-state index >= 15 is 0 Å². The van der Waals surface area contributed by atoms with Crippen LogP contribution in [-0.2, 0) is 0 Å². The van der Waals surface area contributed by atoms with Gasteiger partial charge in [-0.3, -0.25) is 0 Å². The fourth-order valence-corrected chi connectivity index (χ4v) is 3.97. The standard InChI is InChI=1S/C19H17Cl2N7O/c1-29-12-6-4-11(5-7-12)22-17-23-15-13(20)10-14(21)16-24-18(27-8-2-3-9-27)26-19(25-17)28(15)16/h4-7,10H,2-3,8-9H2,1H3,(H,22,23,24,25,26). The molecule has 0 unspecified atom stereocenters. The molecule has 8 nitrogen and oxygen atoms in total. The zero-order valence-corrected chi connectivity index (χ0v) is 17.1. The molecule has 10 heteroatoms. The highest BCUT2D eigenvalue weighted by Crippen LogP contribution is 2.33. The first kappa shape index (κ1) is 18.2. The Morgan fingerprint density at radius 1 is 1.07 bits per heavy atom. The number of pyridine rings is 1. The summed E-state index contributed by atoms with van der Waals surface area (Å²) in [6, 6.07) is 9.00. The van der Waals surface area contributed by atoms with Gasteiger partial charge in [-0.25, -0.2) is 9.39 Å². The number of guanidine groups is 1. The Hall–Kier alpha value is -2.84. The lowest BCUT2D eigenvalue weighted by molar-refractivity contribution is 0.415. The highest BCUT2D eigenvalue weighted by Gasteiger charge is 2.25. The van der Waals surface area contributed by atoms with Gasteiger partial charge in [-0.05, 0) is 43.2 Å². The van der Waals surface area contributed by atoms with Crippen molar-refractivity contribution in [1.82, 2.24) is 19.3 Å². The van der Waals surface area contributed by atoms with E-state index in [-0.39, 0.29) is 5.62 Å². The number of hydrogen-bond donors (Lipinski definition) is 1. The number of rotatable bonds is 2. The largest absolute Gasteiger partial charge is 0.497 e. The minimum Gasteiger partial charge on any atom is -0.497 e. The van der Waals surface area contributed by atoms with Crippen LogP contribution in [0.15, 0.2) is 40.3 Å². The Labute approximate surface area is 176 Å². The molecule has 2 aliphatic heterocycles. The number of hydrogen-bond acceptors (Lipinski definition) is 7. The number of methoxy groups -OCH3 is 1. The smallest absolute Gasteiger partial charge is 0.255 e. The second-order valence-corrected chi connectivity index (χ2v) is 7.55. The predicted molar refractivity (Wildman–Crippen MR) is 113 cm³/mol. The number of halogens is 2. The van der Waals surface area contributed by atoms with Gasteiger partial charge in [0.2, 0.25) is 11.9 Å². The number of aromatic nitrogens is 3. The molecule has 0 saturated carbocycles. The maximum absolute atomic E-state index is 6.45. The fourth-order valence-electron chi connectivity index (χ4n) is 3.44. The van der Waals surface area contributed by atoms with Gasteiger partial charge in [0.05, 0.1) is 22.8 Å². The summed E-state index contributed by atoms with van der Waals surface area (Å²) in [4.78, 5) is 20.5. The van der Waals surface area contributed by atoms with Gasteiger partial charge in [-0.15, -0.1) is 0 Å². The third kappa shape index (κ3) is 3.28. The molecule has 1 aromatic carbocycles. The van der Waals surface area contributed by atoms with Crippen LogP contribution in [0.2, 0.25) is 10.0 Å².